The van der Waals surface area contributed by atoms with Crippen LogP contribution in [0.3, 0.4) is 0 Å². The van der Waals surface area contributed by atoms with Crippen LogP contribution in [-0.2, 0) is 11.3 Å². The summed E-state index contributed by atoms with van der Waals surface area (Å²) >= 11 is 5.12. The Kier molecular flexibility index (Phi) is 6.89. The van der Waals surface area contributed by atoms with E-state index in [2.05, 4.69) is 38.8 Å². The number of guanidine groups is 1. The van der Waals surface area contributed by atoms with Crippen LogP contribution in [0.25, 0.3) is 0 Å². The smallest absolute Gasteiger partial charge is 0.191 e. The number of thiophene rings is 1. The van der Waals surface area contributed by atoms with Gasteiger partial charge in [-0.2, -0.15) is 0 Å². The highest BCUT2D eigenvalue weighted by molar-refractivity contribution is 14.0. The molecule has 2 N–H and O–H groups in total. The Labute approximate surface area is 137 Å². The van der Waals surface area contributed by atoms with Crippen molar-refractivity contribution in [2.24, 2.45) is 10.7 Å². The second kappa shape index (κ2) is 7.66. The molecule has 7 heteroatoms. The van der Waals surface area contributed by atoms with Crippen LogP contribution in [0.1, 0.15) is 11.8 Å². The maximum Gasteiger partial charge on any atom is 0.191 e. The number of rotatable bonds is 2. The van der Waals surface area contributed by atoms with Gasteiger partial charge in [0.2, 0.25) is 0 Å². The molecule has 18 heavy (non-hydrogen) atoms. The average molecular weight is 446 g/mol. The van der Waals surface area contributed by atoms with Crippen LogP contribution in [0.2, 0.25) is 0 Å². The number of nitrogens with two attached hydrogens (primary N) is 1. The van der Waals surface area contributed by atoms with Crippen LogP contribution in [0.4, 0.5) is 0 Å². The topological polar surface area (TPSA) is 50.8 Å². The van der Waals surface area contributed by atoms with Crippen molar-refractivity contribution in [2.75, 3.05) is 19.7 Å². The lowest BCUT2D eigenvalue weighted by atomic mass is 10.3. The van der Waals surface area contributed by atoms with E-state index in [0.717, 1.165) is 23.5 Å². The zero-order valence-electron chi connectivity index (χ0n) is 10.1. The van der Waals surface area contributed by atoms with Crippen LogP contribution in [0.15, 0.2) is 20.9 Å². The summed E-state index contributed by atoms with van der Waals surface area (Å²) in [6.45, 7) is 5.07. The second-order valence-corrected chi connectivity index (χ2v) is 6.56. The highest BCUT2D eigenvalue weighted by Crippen LogP contribution is 2.22. The van der Waals surface area contributed by atoms with E-state index in [4.69, 9.17) is 10.5 Å². The van der Waals surface area contributed by atoms with Crippen molar-refractivity contribution in [1.82, 2.24) is 4.90 Å². The fraction of sp³-hybridized carbons (Fsp3) is 0.545. The van der Waals surface area contributed by atoms with Gasteiger partial charge in [0.25, 0.3) is 0 Å². The van der Waals surface area contributed by atoms with Gasteiger partial charge in [0, 0.05) is 18.0 Å². The monoisotopic (exact) mass is 445 g/mol. The lowest BCUT2D eigenvalue weighted by Gasteiger charge is -2.31. The molecular weight excluding hydrogens is 429 g/mol. The van der Waals surface area contributed by atoms with Crippen LogP contribution in [-0.4, -0.2) is 36.7 Å². The van der Waals surface area contributed by atoms with Crippen molar-refractivity contribution in [3.8, 4) is 0 Å². The summed E-state index contributed by atoms with van der Waals surface area (Å²) in [6.07, 6.45) is 0.230. The predicted molar refractivity (Wildman–Crippen MR) is 89.7 cm³/mol. The molecule has 102 valence electrons. The van der Waals surface area contributed by atoms with Gasteiger partial charge < -0.3 is 15.4 Å². The summed E-state index contributed by atoms with van der Waals surface area (Å²) < 4.78 is 6.59. The first-order valence-electron chi connectivity index (χ1n) is 5.56. The molecule has 1 aliphatic rings. The van der Waals surface area contributed by atoms with Gasteiger partial charge >= 0.3 is 0 Å². The Hall–Kier alpha value is 0.140. The summed E-state index contributed by atoms with van der Waals surface area (Å²) in [7, 11) is 0. The molecule has 0 aliphatic carbocycles. The molecule has 1 aromatic heterocycles. The van der Waals surface area contributed by atoms with E-state index >= 15 is 0 Å². The molecule has 0 saturated carbocycles. The van der Waals surface area contributed by atoms with E-state index in [0.29, 0.717) is 12.5 Å². The van der Waals surface area contributed by atoms with Crippen LogP contribution < -0.4 is 5.73 Å². The Balaban J connectivity index is 0.00000162. The van der Waals surface area contributed by atoms with E-state index in [-0.39, 0.29) is 30.1 Å². The molecule has 1 aromatic rings. The van der Waals surface area contributed by atoms with Crippen LogP contribution in [0.5, 0.6) is 0 Å². The molecule has 4 nitrogen and oxygen atoms in total. The quantitative estimate of drug-likeness (QED) is 0.432. The third kappa shape index (κ3) is 4.67. The zero-order valence-corrected chi connectivity index (χ0v) is 14.9. The standard InChI is InChI=1S/C11H16BrN3OS.HI/c1-8-7-15(4-5-16-8)11(13)14-6-9-2-3-10(12)17-9;/h2-3,8H,4-7H2,1H3,(H2,13,14);1H. The fourth-order valence-electron chi connectivity index (χ4n) is 1.72. The van der Waals surface area contributed by atoms with Gasteiger partial charge in [-0.3, -0.25) is 0 Å². The Morgan fingerprint density at radius 1 is 1.67 bits per heavy atom. The van der Waals surface area contributed by atoms with Gasteiger partial charge in [0.05, 0.1) is 23.0 Å². The van der Waals surface area contributed by atoms with Gasteiger partial charge in [-0.1, -0.05) is 0 Å². The maximum atomic E-state index is 5.98. The first kappa shape index (κ1) is 16.2. The van der Waals surface area contributed by atoms with E-state index in [1.165, 1.54) is 4.88 Å². The molecule has 1 unspecified atom stereocenters. The van der Waals surface area contributed by atoms with E-state index in [1.54, 1.807) is 11.3 Å². The summed E-state index contributed by atoms with van der Waals surface area (Å²) in [5, 5.41) is 0. The third-order valence-electron chi connectivity index (χ3n) is 2.59. The highest BCUT2D eigenvalue weighted by Gasteiger charge is 2.17. The Morgan fingerprint density at radius 3 is 3.06 bits per heavy atom. The minimum Gasteiger partial charge on any atom is -0.375 e. The molecule has 0 bridgehead atoms. The van der Waals surface area contributed by atoms with Crippen molar-refractivity contribution in [3.63, 3.8) is 0 Å². The number of morpholine rings is 1. The van der Waals surface area contributed by atoms with Crippen molar-refractivity contribution < 1.29 is 4.74 Å². The van der Waals surface area contributed by atoms with Crippen LogP contribution in [0, 0.1) is 0 Å². The minimum atomic E-state index is 0. The van der Waals surface area contributed by atoms with E-state index in [9.17, 15) is 0 Å². The minimum absolute atomic E-state index is 0. The average Bonchev–Trinajstić information content (AvgIpc) is 2.72. The summed E-state index contributed by atoms with van der Waals surface area (Å²) in [6, 6.07) is 4.09. The lowest BCUT2D eigenvalue weighted by Crippen LogP contribution is -2.47. The number of hydrogen-bond donors (Lipinski definition) is 1. The predicted octanol–water partition coefficient (Wildman–Crippen LogP) is 2.66. The van der Waals surface area contributed by atoms with E-state index < -0.39 is 0 Å². The zero-order chi connectivity index (χ0) is 12.3. The lowest BCUT2D eigenvalue weighted by molar-refractivity contribution is 0.00529. The van der Waals surface area contributed by atoms with Crippen molar-refractivity contribution >= 4 is 57.2 Å². The van der Waals surface area contributed by atoms with Gasteiger partial charge in [-0.15, -0.1) is 35.3 Å². The van der Waals surface area contributed by atoms with Gasteiger partial charge in [-0.25, -0.2) is 4.99 Å². The number of hydrogen-bond acceptors (Lipinski definition) is 3. The molecule has 0 amide bonds. The molecule has 0 radical (unpaired) electrons. The summed E-state index contributed by atoms with van der Waals surface area (Å²) in [4.78, 5) is 7.71. The summed E-state index contributed by atoms with van der Waals surface area (Å²) in [5.41, 5.74) is 5.98. The molecule has 2 heterocycles. The van der Waals surface area contributed by atoms with Crippen molar-refractivity contribution in [3.05, 3.63) is 20.8 Å². The molecule has 1 atom stereocenters. The number of ether oxygens (including phenoxy) is 1. The normalized spacial score (nSPS) is 20.7. The summed E-state index contributed by atoms with van der Waals surface area (Å²) in [5.74, 6) is 0.615. The van der Waals surface area contributed by atoms with Crippen molar-refractivity contribution in [2.45, 2.75) is 19.6 Å². The van der Waals surface area contributed by atoms with E-state index in [1.807, 2.05) is 6.07 Å². The van der Waals surface area contributed by atoms with Gasteiger partial charge in [-0.05, 0) is 35.0 Å². The number of aliphatic imine (C=N–C) groups is 1. The highest BCUT2D eigenvalue weighted by atomic mass is 127. The number of nitrogens with zero attached hydrogens (tertiary/aromatic N) is 2. The number of halogens is 2. The largest absolute Gasteiger partial charge is 0.375 e. The maximum absolute atomic E-state index is 5.98. The van der Waals surface area contributed by atoms with Crippen LogP contribution >= 0.6 is 51.2 Å². The molecule has 0 aromatic carbocycles. The molecule has 0 spiro atoms. The molecule has 1 aliphatic heterocycles. The molecule has 1 fully saturated rings. The Morgan fingerprint density at radius 2 is 2.44 bits per heavy atom. The second-order valence-electron chi connectivity index (χ2n) is 4.01. The molecule has 2 rings (SSSR count). The van der Waals surface area contributed by atoms with Gasteiger partial charge in [0.15, 0.2) is 5.96 Å². The third-order valence-corrected chi connectivity index (χ3v) is 4.20. The first-order valence-corrected chi connectivity index (χ1v) is 7.17. The van der Waals surface area contributed by atoms with Gasteiger partial charge in [0.1, 0.15) is 0 Å². The van der Waals surface area contributed by atoms with Crippen molar-refractivity contribution in [1.29, 1.82) is 0 Å². The SMILES string of the molecule is CC1CN(C(N)=NCc2ccc(Br)s2)CCO1.I. The Bertz CT molecular complexity index is 413. The first-order chi connectivity index (χ1) is 8.15. The fourth-order valence-corrected chi connectivity index (χ4v) is 3.13. The molecular formula is C11H17BrIN3OS. The molecule has 1 saturated heterocycles.